The van der Waals surface area contributed by atoms with Crippen molar-refractivity contribution in [3.8, 4) is 34.0 Å². The zero-order valence-electron chi connectivity index (χ0n) is 15.6. The number of aromatic nitrogens is 2. The van der Waals surface area contributed by atoms with Crippen molar-refractivity contribution in [2.45, 2.75) is 12.8 Å². The molecule has 1 fully saturated rings. The fourth-order valence-corrected chi connectivity index (χ4v) is 3.40. The van der Waals surface area contributed by atoms with Gasteiger partial charge in [0.15, 0.2) is 11.5 Å². The van der Waals surface area contributed by atoms with Crippen LogP contribution in [0.3, 0.4) is 0 Å². The average Bonchev–Trinajstić information content (AvgIpc) is 3.29. The molecule has 1 N–H and O–H groups in total. The van der Waals surface area contributed by atoms with Gasteiger partial charge in [-0.25, -0.2) is 4.98 Å². The molecule has 0 radical (unpaired) electrons. The van der Waals surface area contributed by atoms with Crippen LogP contribution in [0.5, 0.6) is 11.5 Å². The Morgan fingerprint density at radius 3 is 2.46 bits per heavy atom. The lowest BCUT2D eigenvalue weighted by Crippen LogP contribution is -2.27. The fraction of sp³-hybridized carbons (Fsp3) is 0.227. The van der Waals surface area contributed by atoms with Crippen LogP contribution in [0, 0.1) is 0 Å². The van der Waals surface area contributed by atoms with Crippen molar-refractivity contribution >= 4 is 5.91 Å². The van der Waals surface area contributed by atoms with Gasteiger partial charge in [0, 0.05) is 29.8 Å². The van der Waals surface area contributed by atoms with Crippen molar-refractivity contribution in [3.63, 3.8) is 0 Å². The molecule has 1 aliphatic heterocycles. The largest absolute Gasteiger partial charge is 0.504 e. The highest BCUT2D eigenvalue weighted by molar-refractivity contribution is 5.95. The van der Waals surface area contributed by atoms with Crippen molar-refractivity contribution in [2.24, 2.45) is 0 Å². The molecule has 0 aliphatic carbocycles. The molecule has 28 heavy (non-hydrogen) atoms. The molecule has 2 aromatic carbocycles. The maximum atomic E-state index is 12.7. The van der Waals surface area contributed by atoms with E-state index in [9.17, 15) is 9.90 Å². The number of aromatic hydroxyl groups is 1. The fourth-order valence-electron chi connectivity index (χ4n) is 3.40. The summed E-state index contributed by atoms with van der Waals surface area (Å²) in [4.78, 5) is 23.6. The summed E-state index contributed by atoms with van der Waals surface area (Å²) in [6.07, 6.45) is 5.47. The van der Waals surface area contributed by atoms with E-state index >= 15 is 0 Å². The van der Waals surface area contributed by atoms with Crippen molar-refractivity contribution < 1.29 is 14.6 Å². The number of nitrogens with zero attached hydrogens (tertiary/aromatic N) is 3. The molecule has 1 aromatic heterocycles. The second-order valence-corrected chi connectivity index (χ2v) is 6.76. The molecule has 3 aromatic rings. The van der Waals surface area contributed by atoms with E-state index in [2.05, 4.69) is 4.98 Å². The summed E-state index contributed by atoms with van der Waals surface area (Å²) in [5.41, 5.74) is 3.63. The summed E-state index contributed by atoms with van der Waals surface area (Å²) in [5.74, 6) is 0.512. The molecule has 142 valence electrons. The Hall–Kier alpha value is -3.41. The van der Waals surface area contributed by atoms with Crippen molar-refractivity contribution in [1.82, 2.24) is 14.9 Å². The van der Waals surface area contributed by atoms with Gasteiger partial charge in [0.25, 0.3) is 5.91 Å². The van der Waals surface area contributed by atoms with Crippen LogP contribution in [-0.2, 0) is 0 Å². The Morgan fingerprint density at radius 1 is 1.04 bits per heavy atom. The molecule has 1 saturated heterocycles. The van der Waals surface area contributed by atoms with E-state index < -0.39 is 0 Å². The maximum Gasteiger partial charge on any atom is 0.253 e. The van der Waals surface area contributed by atoms with E-state index in [-0.39, 0.29) is 11.7 Å². The molecule has 0 saturated carbocycles. The summed E-state index contributed by atoms with van der Waals surface area (Å²) < 4.78 is 5.17. The lowest BCUT2D eigenvalue weighted by Gasteiger charge is -2.15. The highest BCUT2D eigenvalue weighted by Gasteiger charge is 2.19. The maximum absolute atomic E-state index is 12.7. The van der Waals surface area contributed by atoms with Gasteiger partial charge in [-0.05, 0) is 43.2 Å². The highest BCUT2D eigenvalue weighted by Crippen LogP contribution is 2.31. The molecular formula is C22H21N3O3. The molecule has 4 rings (SSSR count). The Kier molecular flexibility index (Phi) is 4.93. The number of ether oxygens (including phenoxy) is 1. The number of likely N-dealkylation sites (tertiary alicyclic amines) is 1. The minimum atomic E-state index is 0.0618. The molecule has 0 unspecified atom stereocenters. The zero-order chi connectivity index (χ0) is 19.5. The summed E-state index contributed by atoms with van der Waals surface area (Å²) >= 11 is 0. The molecule has 2 heterocycles. The summed E-state index contributed by atoms with van der Waals surface area (Å²) in [6, 6.07) is 12.5. The molecule has 6 nitrogen and oxygen atoms in total. The predicted octanol–water partition coefficient (Wildman–Crippen LogP) is 3.76. The van der Waals surface area contributed by atoms with E-state index in [1.165, 1.54) is 7.11 Å². The quantitative estimate of drug-likeness (QED) is 0.751. The second-order valence-electron chi connectivity index (χ2n) is 6.76. The zero-order valence-corrected chi connectivity index (χ0v) is 15.6. The Balaban J connectivity index is 1.66. The molecular weight excluding hydrogens is 354 g/mol. The van der Waals surface area contributed by atoms with Gasteiger partial charge in [-0.1, -0.05) is 12.1 Å². The van der Waals surface area contributed by atoms with Gasteiger partial charge in [-0.15, -0.1) is 0 Å². The molecule has 6 heteroatoms. The minimum absolute atomic E-state index is 0.0618. The van der Waals surface area contributed by atoms with Gasteiger partial charge in [0.05, 0.1) is 30.9 Å². The highest BCUT2D eigenvalue weighted by atomic mass is 16.5. The average molecular weight is 375 g/mol. The van der Waals surface area contributed by atoms with Gasteiger partial charge >= 0.3 is 0 Å². The number of benzene rings is 2. The number of hydrogen-bond donors (Lipinski definition) is 1. The van der Waals surface area contributed by atoms with Crippen molar-refractivity contribution in [2.75, 3.05) is 20.2 Å². The van der Waals surface area contributed by atoms with E-state index in [0.717, 1.165) is 37.1 Å². The standard InChI is InChI=1S/C22H21N3O3/c1-28-21-12-16(7-8-20(21)26)19-14-23-13-18(24-19)15-5-4-6-17(11-15)22(27)25-9-2-3-10-25/h4-8,11-14,26H,2-3,9-10H2,1H3. The van der Waals surface area contributed by atoms with Gasteiger partial charge in [0.1, 0.15) is 0 Å². The van der Waals surface area contributed by atoms with E-state index in [0.29, 0.717) is 22.7 Å². The van der Waals surface area contributed by atoms with Crippen LogP contribution in [0.1, 0.15) is 23.2 Å². The Bertz CT molecular complexity index is 1010. The molecule has 0 spiro atoms. The van der Waals surface area contributed by atoms with Gasteiger partial charge in [-0.3, -0.25) is 9.78 Å². The van der Waals surface area contributed by atoms with E-state index in [1.54, 1.807) is 30.6 Å². The topological polar surface area (TPSA) is 75.5 Å². The normalized spacial score (nSPS) is 13.5. The lowest BCUT2D eigenvalue weighted by atomic mass is 10.1. The first-order chi connectivity index (χ1) is 13.7. The third-order valence-electron chi connectivity index (χ3n) is 4.91. The number of phenolic OH excluding ortho intramolecular Hbond substituents is 1. The number of methoxy groups -OCH3 is 1. The van der Waals surface area contributed by atoms with Crippen molar-refractivity contribution in [1.29, 1.82) is 0 Å². The first kappa shape index (κ1) is 18.0. The number of rotatable bonds is 4. The molecule has 1 aliphatic rings. The number of phenols is 1. The first-order valence-electron chi connectivity index (χ1n) is 9.25. The Labute approximate surface area is 163 Å². The lowest BCUT2D eigenvalue weighted by molar-refractivity contribution is 0.0793. The monoisotopic (exact) mass is 375 g/mol. The van der Waals surface area contributed by atoms with Crippen molar-refractivity contribution in [3.05, 3.63) is 60.4 Å². The minimum Gasteiger partial charge on any atom is -0.504 e. The smallest absolute Gasteiger partial charge is 0.253 e. The molecule has 0 atom stereocenters. The third kappa shape index (κ3) is 3.53. The first-order valence-corrected chi connectivity index (χ1v) is 9.25. The third-order valence-corrected chi connectivity index (χ3v) is 4.91. The second kappa shape index (κ2) is 7.68. The van der Waals surface area contributed by atoms with Gasteiger partial charge in [-0.2, -0.15) is 0 Å². The number of hydrogen-bond acceptors (Lipinski definition) is 5. The van der Waals surface area contributed by atoms with Crippen LogP contribution in [0.15, 0.2) is 54.9 Å². The number of carbonyl (C=O) groups excluding carboxylic acids is 1. The van der Waals surface area contributed by atoms with Crippen LogP contribution < -0.4 is 4.74 Å². The number of carbonyl (C=O) groups is 1. The van der Waals surface area contributed by atoms with Crippen LogP contribution in [0.4, 0.5) is 0 Å². The summed E-state index contributed by atoms with van der Waals surface area (Å²) in [7, 11) is 1.50. The van der Waals surface area contributed by atoms with E-state index in [1.807, 2.05) is 29.2 Å². The van der Waals surface area contributed by atoms with Crippen LogP contribution in [-0.4, -0.2) is 46.1 Å². The van der Waals surface area contributed by atoms with Gasteiger partial charge in [0.2, 0.25) is 0 Å². The van der Waals surface area contributed by atoms with E-state index in [4.69, 9.17) is 9.72 Å². The molecule has 1 amide bonds. The predicted molar refractivity (Wildman–Crippen MR) is 106 cm³/mol. The van der Waals surface area contributed by atoms with Crippen LogP contribution in [0.25, 0.3) is 22.5 Å². The summed E-state index contributed by atoms with van der Waals surface area (Å²) in [5, 5.41) is 9.79. The van der Waals surface area contributed by atoms with Crippen LogP contribution in [0.2, 0.25) is 0 Å². The SMILES string of the molecule is COc1cc(-c2cncc(-c3cccc(C(=O)N4CCCC4)c3)n2)ccc1O. The molecule has 0 bridgehead atoms. The Morgan fingerprint density at radius 2 is 1.75 bits per heavy atom. The number of amides is 1. The van der Waals surface area contributed by atoms with Gasteiger partial charge < -0.3 is 14.7 Å². The summed E-state index contributed by atoms with van der Waals surface area (Å²) in [6.45, 7) is 1.64. The van der Waals surface area contributed by atoms with Crippen LogP contribution >= 0.6 is 0 Å².